The average Bonchev–Trinajstić information content (AvgIpc) is 2.33. The normalized spacial score (nSPS) is 19.9. The van der Waals surface area contributed by atoms with E-state index >= 15 is 0 Å². The van der Waals surface area contributed by atoms with Gasteiger partial charge in [0.2, 0.25) is 0 Å². The third-order valence-electron chi connectivity index (χ3n) is 3.00. The van der Waals surface area contributed by atoms with Crippen LogP contribution in [0.5, 0.6) is 0 Å². The molecule has 0 atom stereocenters. The second-order valence-corrected chi connectivity index (χ2v) is 4.51. The molecule has 0 aliphatic heterocycles. The number of allylic oxidation sites excluding steroid dienone is 5. The van der Waals surface area contributed by atoms with Crippen LogP contribution in [-0.4, -0.2) is 0 Å². The maximum atomic E-state index is 3.91. The van der Waals surface area contributed by atoms with Gasteiger partial charge in [-0.05, 0) is 63.9 Å². The van der Waals surface area contributed by atoms with Crippen molar-refractivity contribution >= 4 is 0 Å². The summed E-state index contributed by atoms with van der Waals surface area (Å²) in [5.41, 5.74) is 2.75. The minimum Gasteiger partial charge on any atom is -0.0958 e. The molecule has 2 aliphatic rings. The fourth-order valence-corrected chi connectivity index (χ4v) is 1.99. The third kappa shape index (κ3) is 5.61. The predicted molar refractivity (Wildman–Crippen MR) is 69.0 cm³/mol. The number of hydrogen-bond donors (Lipinski definition) is 0. The molecular formula is C15H24. The Balaban J connectivity index is 0.000000162. The smallest absolute Gasteiger partial charge is 0.0280 e. The first kappa shape index (κ1) is 12.3. The van der Waals surface area contributed by atoms with Crippen molar-refractivity contribution < 1.29 is 0 Å². The fraction of sp³-hybridized carbons (Fsp3) is 0.600. The first-order valence-electron chi connectivity index (χ1n) is 6.30. The maximum Gasteiger partial charge on any atom is -0.0280 e. The second-order valence-electron chi connectivity index (χ2n) is 4.51. The van der Waals surface area contributed by atoms with Gasteiger partial charge in [0.15, 0.2) is 0 Å². The molecule has 0 bridgehead atoms. The van der Waals surface area contributed by atoms with E-state index in [1.165, 1.54) is 62.5 Å². The zero-order valence-electron chi connectivity index (χ0n) is 10.1. The van der Waals surface area contributed by atoms with Crippen molar-refractivity contribution in [3.05, 3.63) is 36.0 Å². The van der Waals surface area contributed by atoms with Crippen LogP contribution in [0.4, 0.5) is 0 Å². The van der Waals surface area contributed by atoms with Crippen LogP contribution in [0.1, 0.15) is 58.3 Å². The van der Waals surface area contributed by atoms with Gasteiger partial charge in [-0.2, -0.15) is 0 Å². The van der Waals surface area contributed by atoms with Crippen molar-refractivity contribution in [3.63, 3.8) is 0 Å². The number of hydrogen-bond acceptors (Lipinski definition) is 0. The third-order valence-corrected chi connectivity index (χ3v) is 3.00. The Bertz CT molecular complexity index is 235. The lowest BCUT2D eigenvalue weighted by Crippen LogP contribution is -1.91. The molecular weight excluding hydrogens is 180 g/mol. The number of rotatable bonds is 1. The summed E-state index contributed by atoms with van der Waals surface area (Å²) >= 11 is 0. The molecule has 0 N–H and O–H groups in total. The van der Waals surface area contributed by atoms with E-state index in [4.69, 9.17) is 0 Å². The fourth-order valence-electron chi connectivity index (χ4n) is 1.99. The summed E-state index contributed by atoms with van der Waals surface area (Å²) in [4.78, 5) is 0. The van der Waals surface area contributed by atoms with Gasteiger partial charge in [0.1, 0.15) is 0 Å². The average molecular weight is 204 g/mol. The first-order valence-corrected chi connectivity index (χ1v) is 6.30. The molecule has 0 spiro atoms. The van der Waals surface area contributed by atoms with Crippen LogP contribution in [-0.2, 0) is 0 Å². The Morgan fingerprint density at radius 2 is 1.60 bits per heavy atom. The first-order chi connectivity index (χ1) is 7.30. The van der Waals surface area contributed by atoms with Crippen LogP contribution in [0.15, 0.2) is 36.0 Å². The van der Waals surface area contributed by atoms with E-state index < -0.39 is 0 Å². The quantitative estimate of drug-likeness (QED) is 0.516. The minimum atomic E-state index is 1.26. The highest BCUT2D eigenvalue weighted by atomic mass is 14.1. The van der Waals surface area contributed by atoms with Crippen LogP contribution in [0, 0.1) is 0 Å². The molecule has 2 aliphatic carbocycles. The summed E-state index contributed by atoms with van der Waals surface area (Å²) in [6.07, 6.45) is 17.6. The van der Waals surface area contributed by atoms with Gasteiger partial charge in [-0.25, -0.2) is 0 Å². The van der Waals surface area contributed by atoms with Gasteiger partial charge in [0.05, 0.1) is 0 Å². The summed E-state index contributed by atoms with van der Waals surface area (Å²) in [6.45, 7) is 6.00. The second kappa shape index (κ2) is 7.50. The van der Waals surface area contributed by atoms with Crippen LogP contribution < -0.4 is 0 Å². The monoisotopic (exact) mass is 204 g/mol. The molecule has 2 rings (SSSR count). The van der Waals surface area contributed by atoms with Crippen molar-refractivity contribution in [2.45, 2.75) is 58.3 Å². The predicted octanol–water partition coefficient (Wildman–Crippen LogP) is 5.18. The summed E-state index contributed by atoms with van der Waals surface area (Å²) in [7, 11) is 0. The standard InChI is InChI=1S/C9H14.C6H10/c1-8(2)9-6-4-3-5-7-9;1-2-4-6-5-3-1/h6H,1,3-5,7H2,2H3;1-2H,3-6H2. The SMILES string of the molecule is C1=CCCCC1.C=C(C)C1=CCCCC1. The Labute approximate surface area is 94.8 Å². The molecule has 84 valence electrons. The Hall–Kier alpha value is -0.780. The molecule has 15 heavy (non-hydrogen) atoms. The van der Waals surface area contributed by atoms with E-state index in [2.05, 4.69) is 31.7 Å². The van der Waals surface area contributed by atoms with E-state index in [9.17, 15) is 0 Å². The molecule has 0 nitrogen and oxygen atoms in total. The van der Waals surface area contributed by atoms with E-state index in [0.29, 0.717) is 0 Å². The van der Waals surface area contributed by atoms with Gasteiger partial charge in [-0.15, -0.1) is 0 Å². The molecule has 0 saturated heterocycles. The Kier molecular flexibility index (Phi) is 6.15. The lowest BCUT2D eigenvalue weighted by atomic mass is 9.95. The van der Waals surface area contributed by atoms with Gasteiger partial charge in [0.25, 0.3) is 0 Å². The summed E-state index contributed by atoms with van der Waals surface area (Å²) in [5.74, 6) is 0. The molecule has 0 saturated carbocycles. The molecule has 0 heteroatoms. The minimum absolute atomic E-state index is 1.26. The highest BCUT2D eigenvalue weighted by Crippen LogP contribution is 2.21. The highest BCUT2D eigenvalue weighted by molar-refractivity contribution is 5.26. The van der Waals surface area contributed by atoms with E-state index in [0.717, 1.165) is 0 Å². The Morgan fingerprint density at radius 1 is 1.00 bits per heavy atom. The summed E-state index contributed by atoms with van der Waals surface area (Å²) < 4.78 is 0. The van der Waals surface area contributed by atoms with Gasteiger partial charge in [-0.3, -0.25) is 0 Å². The van der Waals surface area contributed by atoms with E-state index in [1.807, 2.05) is 0 Å². The topological polar surface area (TPSA) is 0 Å². The van der Waals surface area contributed by atoms with Gasteiger partial charge < -0.3 is 0 Å². The van der Waals surface area contributed by atoms with Crippen LogP contribution in [0.2, 0.25) is 0 Å². The maximum absolute atomic E-state index is 3.91. The van der Waals surface area contributed by atoms with Crippen molar-refractivity contribution in [1.29, 1.82) is 0 Å². The largest absolute Gasteiger partial charge is 0.0958 e. The molecule has 0 radical (unpaired) electrons. The molecule has 0 unspecified atom stereocenters. The molecule has 0 amide bonds. The van der Waals surface area contributed by atoms with Crippen molar-refractivity contribution in [2.75, 3.05) is 0 Å². The summed E-state index contributed by atoms with van der Waals surface area (Å²) in [5, 5.41) is 0. The molecule has 0 aromatic heterocycles. The van der Waals surface area contributed by atoms with Crippen molar-refractivity contribution in [2.24, 2.45) is 0 Å². The van der Waals surface area contributed by atoms with Crippen molar-refractivity contribution in [3.8, 4) is 0 Å². The zero-order chi connectivity index (χ0) is 10.9. The van der Waals surface area contributed by atoms with Crippen LogP contribution >= 0.6 is 0 Å². The zero-order valence-corrected chi connectivity index (χ0v) is 10.1. The highest BCUT2D eigenvalue weighted by Gasteiger charge is 2.02. The van der Waals surface area contributed by atoms with Gasteiger partial charge in [-0.1, -0.05) is 30.4 Å². The van der Waals surface area contributed by atoms with E-state index in [1.54, 1.807) is 0 Å². The van der Waals surface area contributed by atoms with Crippen LogP contribution in [0.25, 0.3) is 0 Å². The van der Waals surface area contributed by atoms with Crippen LogP contribution in [0.3, 0.4) is 0 Å². The lowest BCUT2D eigenvalue weighted by Gasteiger charge is -2.11. The molecule has 0 heterocycles. The molecule has 0 aromatic carbocycles. The van der Waals surface area contributed by atoms with Crippen molar-refractivity contribution in [1.82, 2.24) is 0 Å². The molecule has 0 aromatic rings. The van der Waals surface area contributed by atoms with Gasteiger partial charge in [0, 0.05) is 0 Å². The molecule has 0 fully saturated rings. The lowest BCUT2D eigenvalue weighted by molar-refractivity contribution is 0.706. The van der Waals surface area contributed by atoms with E-state index in [-0.39, 0.29) is 0 Å². The summed E-state index contributed by atoms with van der Waals surface area (Å²) in [6, 6.07) is 0. The Morgan fingerprint density at radius 3 is 1.87 bits per heavy atom. The van der Waals surface area contributed by atoms with Gasteiger partial charge >= 0.3 is 0 Å².